The molecule has 1 rings (SSSR count). The van der Waals surface area contributed by atoms with Crippen molar-refractivity contribution in [3.05, 3.63) is 54.4 Å². The first-order valence-electron chi connectivity index (χ1n) is 7.06. The quantitative estimate of drug-likeness (QED) is 0.711. The van der Waals surface area contributed by atoms with E-state index in [1.54, 1.807) is 19.4 Å². The van der Waals surface area contributed by atoms with Crippen LogP contribution >= 0.6 is 0 Å². The molecule has 0 fully saturated rings. The number of hydrogen-bond acceptors (Lipinski definition) is 4. The molecule has 4 nitrogen and oxygen atoms in total. The Bertz CT molecular complexity index is 445. The standard InChI is InChI=1S/C17H25NO3/c1-5-16(20-4)17(19)14(3)10-13(2)11-21-12-15-8-6-7-9-18-15/h5-10,14,16-17,19H,1,11-12H2,2-4H3/b13-10-/t14-,16+,17+/m1/s1. The Morgan fingerprint density at radius 1 is 1.48 bits per heavy atom. The van der Waals surface area contributed by atoms with E-state index in [2.05, 4.69) is 11.6 Å². The van der Waals surface area contributed by atoms with E-state index in [4.69, 9.17) is 9.47 Å². The maximum Gasteiger partial charge on any atom is 0.101 e. The predicted octanol–water partition coefficient (Wildman–Crippen LogP) is 2.74. The highest BCUT2D eigenvalue weighted by Crippen LogP contribution is 2.14. The summed E-state index contributed by atoms with van der Waals surface area (Å²) in [6, 6.07) is 5.75. The number of ether oxygens (including phenoxy) is 2. The van der Waals surface area contributed by atoms with Gasteiger partial charge in [-0.3, -0.25) is 4.98 Å². The van der Waals surface area contributed by atoms with Crippen molar-refractivity contribution in [2.24, 2.45) is 5.92 Å². The van der Waals surface area contributed by atoms with Gasteiger partial charge in [0.1, 0.15) is 6.10 Å². The Hall–Kier alpha value is -1.49. The zero-order valence-electron chi connectivity index (χ0n) is 13.0. The van der Waals surface area contributed by atoms with Crippen LogP contribution in [-0.4, -0.2) is 36.0 Å². The molecule has 21 heavy (non-hydrogen) atoms. The maximum absolute atomic E-state index is 10.1. The van der Waals surface area contributed by atoms with Crippen molar-refractivity contribution in [2.75, 3.05) is 13.7 Å². The molecule has 0 aromatic carbocycles. The average Bonchev–Trinajstić information content (AvgIpc) is 2.49. The van der Waals surface area contributed by atoms with Crippen molar-refractivity contribution >= 4 is 0 Å². The molecule has 0 amide bonds. The molecule has 0 bridgehead atoms. The van der Waals surface area contributed by atoms with Crippen LogP contribution in [0, 0.1) is 5.92 Å². The van der Waals surface area contributed by atoms with Gasteiger partial charge >= 0.3 is 0 Å². The summed E-state index contributed by atoms with van der Waals surface area (Å²) >= 11 is 0. The van der Waals surface area contributed by atoms with Gasteiger partial charge in [-0.25, -0.2) is 0 Å². The van der Waals surface area contributed by atoms with E-state index in [-0.39, 0.29) is 12.0 Å². The summed E-state index contributed by atoms with van der Waals surface area (Å²) in [7, 11) is 1.56. The zero-order chi connectivity index (χ0) is 15.7. The van der Waals surface area contributed by atoms with E-state index in [9.17, 15) is 5.11 Å². The van der Waals surface area contributed by atoms with Crippen molar-refractivity contribution in [1.82, 2.24) is 4.98 Å². The van der Waals surface area contributed by atoms with Gasteiger partial charge in [0.25, 0.3) is 0 Å². The van der Waals surface area contributed by atoms with E-state index >= 15 is 0 Å². The van der Waals surface area contributed by atoms with Crippen LogP contribution in [0.1, 0.15) is 19.5 Å². The van der Waals surface area contributed by atoms with Gasteiger partial charge in [-0.1, -0.05) is 30.7 Å². The van der Waals surface area contributed by atoms with Crippen LogP contribution in [0.4, 0.5) is 0 Å². The third kappa shape index (κ3) is 6.21. The van der Waals surface area contributed by atoms with E-state index in [1.165, 1.54) is 0 Å². The lowest BCUT2D eigenvalue weighted by molar-refractivity contribution is -0.00171. The second kappa shape index (κ2) is 9.45. The zero-order valence-corrected chi connectivity index (χ0v) is 13.0. The molecule has 0 unspecified atom stereocenters. The molecule has 0 spiro atoms. The minimum Gasteiger partial charge on any atom is -0.389 e. The highest BCUT2D eigenvalue weighted by Gasteiger charge is 2.20. The molecule has 0 aliphatic carbocycles. The monoisotopic (exact) mass is 291 g/mol. The van der Waals surface area contributed by atoms with E-state index < -0.39 is 6.10 Å². The molecule has 116 valence electrons. The fourth-order valence-corrected chi connectivity index (χ4v) is 2.07. The fourth-order valence-electron chi connectivity index (χ4n) is 2.07. The predicted molar refractivity (Wildman–Crippen MR) is 83.8 cm³/mol. The first-order chi connectivity index (χ1) is 10.1. The molecule has 1 aromatic heterocycles. The van der Waals surface area contributed by atoms with Crippen LogP contribution in [0.25, 0.3) is 0 Å². The van der Waals surface area contributed by atoms with Gasteiger partial charge in [-0.2, -0.15) is 0 Å². The number of aliphatic hydroxyl groups excluding tert-OH is 1. The first kappa shape index (κ1) is 17.6. The molecule has 0 saturated carbocycles. The molecule has 1 heterocycles. The van der Waals surface area contributed by atoms with Crippen molar-refractivity contribution in [3.63, 3.8) is 0 Å². The van der Waals surface area contributed by atoms with Gasteiger partial charge in [0.15, 0.2) is 0 Å². The smallest absolute Gasteiger partial charge is 0.101 e. The van der Waals surface area contributed by atoms with Crippen molar-refractivity contribution < 1.29 is 14.6 Å². The first-order valence-corrected chi connectivity index (χ1v) is 7.06. The topological polar surface area (TPSA) is 51.6 Å². The summed E-state index contributed by atoms with van der Waals surface area (Å²) in [4.78, 5) is 4.20. The fraction of sp³-hybridized carbons (Fsp3) is 0.471. The normalized spacial score (nSPS) is 16.3. The number of aliphatic hydroxyl groups is 1. The van der Waals surface area contributed by atoms with E-state index in [0.717, 1.165) is 11.3 Å². The summed E-state index contributed by atoms with van der Waals surface area (Å²) in [6.45, 7) is 8.59. The number of aromatic nitrogens is 1. The molecule has 1 aromatic rings. The minimum absolute atomic E-state index is 0.0357. The van der Waals surface area contributed by atoms with Gasteiger partial charge in [0.05, 0.1) is 25.0 Å². The number of methoxy groups -OCH3 is 1. The summed E-state index contributed by atoms with van der Waals surface area (Å²) in [5.74, 6) is -0.0357. The maximum atomic E-state index is 10.1. The number of pyridine rings is 1. The van der Waals surface area contributed by atoms with Gasteiger partial charge in [0.2, 0.25) is 0 Å². The Morgan fingerprint density at radius 3 is 2.81 bits per heavy atom. The Balaban J connectivity index is 2.43. The van der Waals surface area contributed by atoms with Gasteiger partial charge in [-0.15, -0.1) is 6.58 Å². The van der Waals surface area contributed by atoms with Gasteiger partial charge in [0, 0.05) is 19.2 Å². The molecule has 0 radical (unpaired) electrons. The number of nitrogens with zero attached hydrogens (tertiary/aromatic N) is 1. The van der Waals surface area contributed by atoms with Crippen LogP contribution < -0.4 is 0 Å². The SMILES string of the molecule is C=C[C@H](OC)[C@@H](O)[C@H](C)/C=C(/C)COCc1ccccn1. The van der Waals surface area contributed by atoms with E-state index in [0.29, 0.717) is 13.2 Å². The van der Waals surface area contributed by atoms with Crippen molar-refractivity contribution in [1.29, 1.82) is 0 Å². The summed E-state index contributed by atoms with van der Waals surface area (Å²) < 4.78 is 10.8. The third-order valence-corrected chi connectivity index (χ3v) is 3.23. The lowest BCUT2D eigenvalue weighted by atomic mass is 9.97. The number of rotatable bonds is 9. The third-order valence-electron chi connectivity index (χ3n) is 3.23. The Morgan fingerprint density at radius 2 is 2.24 bits per heavy atom. The highest BCUT2D eigenvalue weighted by molar-refractivity contribution is 5.05. The molecule has 3 atom stereocenters. The lowest BCUT2D eigenvalue weighted by Gasteiger charge is -2.22. The molecular formula is C17H25NO3. The van der Waals surface area contributed by atoms with Crippen LogP contribution in [0.15, 0.2) is 48.7 Å². The van der Waals surface area contributed by atoms with Gasteiger partial charge < -0.3 is 14.6 Å². The Kier molecular flexibility index (Phi) is 7.90. The largest absolute Gasteiger partial charge is 0.389 e. The summed E-state index contributed by atoms with van der Waals surface area (Å²) in [5, 5.41) is 10.1. The lowest BCUT2D eigenvalue weighted by Crippen LogP contribution is -2.31. The van der Waals surface area contributed by atoms with Crippen molar-refractivity contribution in [2.45, 2.75) is 32.7 Å². The molecule has 0 aliphatic rings. The average molecular weight is 291 g/mol. The number of hydrogen-bond donors (Lipinski definition) is 1. The Labute approximate surface area is 127 Å². The molecular weight excluding hydrogens is 266 g/mol. The minimum atomic E-state index is -0.613. The van der Waals surface area contributed by atoms with Crippen LogP contribution in [0.3, 0.4) is 0 Å². The van der Waals surface area contributed by atoms with Crippen LogP contribution in [-0.2, 0) is 16.1 Å². The summed E-state index contributed by atoms with van der Waals surface area (Å²) in [5.41, 5.74) is 1.97. The van der Waals surface area contributed by atoms with E-state index in [1.807, 2.05) is 38.1 Å². The molecule has 0 aliphatic heterocycles. The second-order valence-corrected chi connectivity index (χ2v) is 5.11. The molecule has 4 heteroatoms. The van der Waals surface area contributed by atoms with Crippen LogP contribution in [0.5, 0.6) is 0 Å². The second-order valence-electron chi connectivity index (χ2n) is 5.11. The molecule has 1 N–H and O–H groups in total. The van der Waals surface area contributed by atoms with Gasteiger partial charge in [-0.05, 0) is 19.1 Å². The van der Waals surface area contributed by atoms with Crippen molar-refractivity contribution in [3.8, 4) is 0 Å². The highest BCUT2D eigenvalue weighted by atomic mass is 16.5. The molecule has 0 saturated heterocycles. The van der Waals surface area contributed by atoms with Crippen LogP contribution in [0.2, 0.25) is 0 Å². The summed E-state index contributed by atoms with van der Waals surface area (Å²) in [6.07, 6.45) is 4.39.